The monoisotopic (exact) mass is 428 g/mol. The molecule has 6 nitrogen and oxygen atoms in total. The van der Waals surface area contributed by atoms with Gasteiger partial charge < -0.3 is 20.1 Å². The molecule has 0 bridgehead atoms. The molecule has 32 heavy (non-hydrogen) atoms. The molecule has 3 N–H and O–H groups in total. The van der Waals surface area contributed by atoms with E-state index in [0.29, 0.717) is 16.9 Å². The molecule has 0 aliphatic carbocycles. The molecular formula is C26H20O6. The van der Waals surface area contributed by atoms with Gasteiger partial charge in [-0.1, -0.05) is 54.6 Å². The van der Waals surface area contributed by atoms with Crippen LogP contribution < -0.4 is 4.74 Å². The van der Waals surface area contributed by atoms with Crippen LogP contribution in [-0.4, -0.2) is 27.1 Å². The van der Waals surface area contributed by atoms with Gasteiger partial charge in [0.1, 0.15) is 23.0 Å². The molecular weight excluding hydrogens is 408 g/mol. The summed E-state index contributed by atoms with van der Waals surface area (Å²) in [6.07, 6.45) is 0. The number of aromatic hydroxyl groups is 3. The molecule has 0 radical (unpaired) electrons. The van der Waals surface area contributed by atoms with Crippen molar-refractivity contribution in [3.05, 3.63) is 120 Å². The van der Waals surface area contributed by atoms with Crippen molar-refractivity contribution in [1.29, 1.82) is 0 Å². The number of phenolic OH excluding ortho intramolecular Hbond substituents is 3. The third-order valence-corrected chi connectivity index (χ3v) is 4.30. The van der Waals surface area contributed by atoms with E-state index in [1.807, 2.05) is 12.1 Å². The van der Waals surface area contributed by atoms with Crippen molar-refractivity contribution in [2.45, 2.75) is 0 Å². The highest BCUT2D eigenvalue weighted by molar-refractivity contribution is 6.10. The number of ketones is 1. The van der Waals surface area contributed by atoms with Crippen LogP contribution in [0.5, 0.6) is 23.0 Å². The number of hydrogen-bond donors (Lipinski definition) is 3. The third kappa shape index (κ3) is 5.96. The van der Waals surface area contributed by atoms with Crippen molar-refractivity contribution < 1.29 is 29.6 Å². The van der Waals surface area contributed by atoms with Crippen molar-refractivity contribution in [1.82, 2.24) is 0 Å². The van der Waals surface area contributed by atoms with Crippen LogP contribution in [0.2, 0.25) is 0 Å². The maximum atomic E-state index is 11.9. The second-order valence-corrected chi connectivity index (χ2v) is 6.65. The summed E-state index contributed by atoms with van der Waals surface area (Å²) in [5, 5.41) is 27.9. The van der Waals surface area contributed by atoms with Gasteiger partial charge in [-0.25, -0.2) is 4.79 Å². The smallest absolute Gasteiger partial charge is 0.343 e. The molecule has 0 aliphatic heterocycles. The van der Waals surface area contributed by atoms with E-state index in [2.05, 4.69) is 0 Å². The zero-order chi connectivity index (χ0) is 22.9. The number of rotatable bonds is 4. The number of hydrogen-bond acceptors (Lipinski definition) is 6. The summed E-state index contributed by atoms with van der Waals surface area (Å²) in [7, 11) is 0. The molecule has 0 aliphatic rings. The Balaban J connectivity index is 0.000000181. The highest BCUT2D eigenvalue weighted by Gasteiger charge is 2.13. The van der Waals surface area contributed by atoms with Crippen LogP contribution in [0.3, 0.4) is 0 Å². The number of carbonyl (C=O) groups is 2. The van der Waals surface area contributed by atoms with E-state index in [1.54, 1.807) is 60.7 Å². The lowest BCUT2D eigenvalue weighted by molar-refractivity contribution is 0.0734. The Morgan fingerprint density at radius 2 is 1.19 bits per heavy atom. The van der Waals surface area contributed by atoms with E-state index in [1.165, 1.54) is 24.3 Å². The van der Waals surface area contributed by atoms with Crippen LogP contribution in [-0.2, 0) is 0 Å². The summed E-state index contributed by atoms with van der Waals surface area (Å²) in [6, 6.07) is 27.4. The first-order valence-corrected chi connectivity index (χ1v) is 9.62. The first-order chi connectivity index (χ1) is 15.4. The number of carbonyl (C=O) groups excluding carboxylic acids is 2. The van der Waals surface area contributed by atoms with Gasteiger partial charge in [0.05, 0.1) is 11.1 Å². The normalized spacial score (nSPS) is 9.88. The predicted octanol–water partition coefficient (Wildman–Crippen LogP) is 4.94. The Hall–Kier alpha value is -4.58. The molecule has 4 aromatic rings. The van der Waals surface area contributed by atoms with Crippen molar-refractivity contribution in [3.8, 4) is 23.0 Å². The molecule has 0 fully saturated rings. The maximum absolute atomic E-state index is 11.9. The fourth-order valence-corrected chi connectivity index (χ4v) is 2.74. The predicted molar refractivity (Wildman–Crippen MR) is 119 cm³/mol. The van der Waals surface area contributed by atoms with Gasteiger partial charge in [0.2, 0.25) is 0 Å². The Bertz CT molecular complexity index is 1200. The molecule has 160 valence electrons. The minimum atomic E-state index is -0.439. The molecule has 0 saturated carbocycles. The molecule has 0 aromatic heterocycles. The van der Waals surface area contributed by atoms with Gasteiger partial charge in [-0.05, 0) is 36.4 Å². The molecule has 0 spiro atoms. The Kier molecular flexibility index (Phi) is 7.22. The highest BCUT2D eigenvalue weighted by atomic mass is 16.5. The van der Waals surface area contributed by atoms with Crippen LogP contribution in [0.4, 0.5) is 0 Å². The molecule has 6 heteroatoms. The van der Waals surface area contributed by atoms with Crippen LogP contribution in [0.1, 0.15) is 26.3 Å². The summed E-state index contributed by atoms with van der Waals surface area (Å²) in [6.45, 7) is 0. The first kappa shape index (κ1) is 22.1. The summed E-state index contributed by atoms with van der Waals surface area (Å²) < 4.78 is 5.08. The number of benzene rings is 4. The van der Waals surface area contributed by atoms with E-state index >= 15 is 0 Å². The Morgan fingerprint density at radius 1 is 0.594 bits per heavy atom. The van der Waals surface area contributed by atoms with E-state index in [0.717, 1.165) is 6.07 Å². The standard InChI is InChI=1S/2C13H10O3/c14-11-7-4-8-12(9-11)16-13(15)10-5-2-1-3-6-10;14-10-6-7-11(12(15)8-10)13(16)9-4-2-1-3-5-9/h1-9,14H;1-8,14-15H. The second-order valence-electron chi connectivity index (χ2n) is 6.65. The van der Waals surface area contributed by atoms with E-state index in [-0.39, 0.29) is 28.6 Å². The number of esters is 1. The average Bonchev–Trinajstić information content (AvgIpc) is 2.80. The van der Waals surface area contributed by atoms with Gasteiger partial charge in [0.15, 0.2) is 5.78 Å². The van der Waals surface area contributed by atoms with E-state index in [4.69, 9.17) is 9.84 Å². The van der Waals surface area contributed by atoms with Crippen molar-refractivity contribution in [2.24, 2.45) is 0 Å². The molecule has 0 amide bonds. The fourth-order valence-electron chi connectivity index (χ4n) is 2.74. The summed E-state index contributed by atoms with van der Waals surface area (Å²) in [5.41, 5.74) is 1.17. The van der Waals surface area contributed by atoms with Gasteiger partial charge in [-0.2, -0.15) is 0 Å². The number of phenols is 3. The first-order valence-electron chi connectivity index (χ1n) is 9.62. The van der Waals surface area contributed by atoms with Crippen molar-refractivity contribution in [2.75, 3.05) is 0 Å². The minimum Gasteiger partial charge on any atom is -0.508 e. The highest BCUT2D eigenvalue weighted by Crippen LogP contribution is 2.24. The molecule has 0 unspecified atom stereocenters. The summed E-state index contributed by atoms with van der Waals surface area (Å²) in [4.78, 5) is 23.6. The van der Waals surface area contributed by atoms with Crippen molar-refractivity contribution >= 4 is 11.8 Å². The van der Waals surface area contributed by atoms with Crippen LogP contribution in [0.15, 0.2) is 103 Å². The summed E-state index contributed by atoms with van der Waals surface area (Å²) in [5.74, 6) is -0.590. The molecule has 0 atom stereocenters. The van der Waals surface area contributed by atoms with Gasteiger partial charge in [-0.3, -0.25) is 4.79 Å². The Labute approximate surface area is 184 Å². The zero-order valence-corrected chi connectivity index (χ0v) is 16.9. The number of ether oxygens (including phenoxy) is 1. The SMILES string of the molecule is O=C(Oc1cccc(O)c1)c1ccccc1.O=C(c1ccccc1)c1ccc(O)cc1O. The fraction of sp³-hybridized carbons (Fsp3) is 0. The lowest BCUT2D eigenvalue weighted by atomic mass is 10.0. The molecule has 4 rings (SSSR count). The Morgan fingerprint density at radius 3 is 1.78 bits per heavy atom. The van der Waals surface area contributed by atoms with E-state index < -0.39 is 5.97 Å². The third-order valence-electron chi connectivity index (χ3n) is 4.30. The maximum Gasteiger partial charge on any atom is 0.343 e. The largest absolute Gasteiger partial charge is 0.508 e. The van der Waals surface area contributed by atoms with Gasteiger partial charge >= 0.3 is 5.97 Å². The van der Waals surface area contributed by atoms with Gasteiger partial charge in [-0.15, -0.1) is 0 Å². The van der Waals surface area contributed by atoms with Crippen LogP contribution in [0.25, 0.3) is 0 Å². The van der Waals surface area contributed by atoms with Crippen LogP contribution >= 0.6 is 0 Å². The van der Waals surface area contributed by atoms with Gasteiger partial charge in [0, 0.05) is 17.7 Å². The van der Waals surface area contributed by atoms with Crippen molar-refractivity contribution in [3.63, 3.8) is 0 Å². The molecule has 0 heterocycles. The summed E-state index contributed by atoms with van der Waals surface area (Å²) >= 11 is 0. The van der Waals surface area contributed by atoms with Gasteiger partial charge in [0.25, 0.3) is 0 Å². The average molecular weight is 428 g/mol. The second kappa shape index (κ2) is 10.4. The minimum absolute atomic E-state index is 0.0675. The lowest BCUT2D eigenvalue weighted by Gasteiger charge is -2.04. The van der Waals surface area contributed by atoms with Crippen LogP contribution in [0, 0.1) is 0 Å². The molecule has 4 aromatic carbocycles. The topological polar surface area (TPSA) is 104 Å². The zero-order valence-electron chi connectivity index (χ0n) is 16.9. The quantitative estimate of drug-likeness (QED) is 0.242. The molecule has 0 saturated heterocycles. The lowest BCUT2D eigenvalue weighted by Crippen LogP contribution is -2.07. The van der Waals surface area contributed by atoms with E-state index in [9.17, 15) is 19.8 Å².